The quantitative estimate of drug-likeness (QED) is 0.624. The highest BCUT2D eigenvalue weighted by molar-refractivity contribution is 8.34. The Morgan fingerprint density at radius 2 is 1.29 bits per heavy atom. The lowest BCUT2D eigenvalue weighted by molar-refractivity contribution is 0.199. The molecule has 0 aromatic heterocycles. The zero-order valence-electron chi connectivity index (χ0n) is 8.19. The first-order valence-electron chi connectivity index (χ1n) is 3.97. The topological polar surface area (TPSA) is 42.5 Å². The van der Waals surface area contributed by atoms with Gasteiger partial charge in [-0.1, -0.05) is 0 Å². The number of hydrogen-bond donors (Lipinski definition) is 2. The van der Waals surface area contributed by atoms with Gasteiger partial charge < -0.3 is 9.47 Å². The number of hydrogen-bond acceptors (Lipinski definition) is 4. The Kier molecular flexibility index (Phi) is 5.75. The van der Waals surface area contributed by atoms with E-state index in [2.05, 4.69) is 9.47 Å². The summed E-state index contributed by atoms with van der Waals surface area (Å²) in [6, 6.07) is 0. The highest BCUT2D eigenvalue weighted by Gasteiger charge is 2.40. The van der Waals surface area contributed by atoms with Gasteiger partial charge in [0.15, 0.2) is 0 Å². The molecule has 0 aromatic carbocycles. The highest BCUT2D eigenvalue weighted by Crippen LogP contribution is 2.66. The summed E-state index contributed by atoms with van der Waals surface area (Å²) in [5.74, 6) is 0. The molecule has 0 aliphatic carbocycles. The molecule has 0 spiro atoms. The Labute approximate surface area is 82.6 Å². The van der Waals surface area contributed by atoms with Gasteiger partial charge >= 0.3 is 0 Å². The van der Waals surface area contributed by atoms with E-state index < -0.39 is 10.7 Å². The van der Waals surface area contributed by atoms with Crippen molar-refractivity contribution in [3.05, 3.63) is 0 Å². The van der Waals surface area contributed by atoms with Gasteiger partial charge in [-0.05, 0) is 0 Å². The first-order chi connectivity index (χ1) is 6.39. The third-order valence-electron chi connectivity index (χ3n) is 1.29. The summed E-state index contributed by atoms with van der Waals surface area (Å²) in [7, 11) is -3.46. The van der Waals surface area contributed by atoms with E-state index in [0.717, 1.165) is 0 Å². The van der Waals surface area contributed by atoms with E-state index in [4.69, 9.17) is 0 Å². The van der Waals surface area contributed by atoms with Crippen molar-refractivity contribution in [2.45, 2.75) is 0 Å². The van der Waals surface area contributed by atoms with Crippen LogP contribution in [0.3, 0.4) is 0 Å². The molecule has 14 heavy (non-hydrogen) atoms. The smallest absolute Gasteiger partial charge is 0.229 e. The standard InChI is InChI=1S/C6H16F3N2O2S/c1-12-5-3-10-14(7,8,9)11-4-6-13-2/h10-11H,3-6H2,1-2H3. The fourth-order valence-corrected chi connectivity index (χ4v) is 1.61. The molecule has 1 radical (unpaired) electrons. The van der Waals surface area contributed by atoms with Crippen molar-refractivity contribution in [3.8, 4) is 0 Å². The minimum absolute atomic E-state index is 0.0238. The van der Waals surface area contributed by atoms with Crippen LogP contribution in [0.25, 0.3) is 0 Å². The normalized spacial score (nSPS) is 15.1. The highest BCUT2D eigenvalue weighted by atomic mass is 32.4. The van der Waals surface area contributed by atoms with Gasteiger partial charge in [0.1, 0.15) is 0 Å². The van der Waals surface area contributed by atoms with E-state index in [1.54, 1.807) is 0 Å². The fraction of sp³-hybridized carbons (Fsp3) is 1.00. The van der Waals surface area contributed by atoms with Crippen LogP contribution in [0.5, 0.6) is 0 Å². The zero-order chi connectivity index (χ0) is 11.1. The molecule has 0 unspecified atom stereocenters. The Balaban J connectivity index is 3.82. The van der Waals surface area contributed by atoms with Crippen molar-refractivity contribution in [3.63, 3.8) is 0 Å². The van der Waals surface area contributed by atoms with Crippen molar-refractivity contribution in [2.24, 2.45) is 0 Å². The molecule has 0 atom stereocenters. The predicted molar refractivity (Wildman–Crippen MR) is 50.7 cm³/mol. The largest absolute Gasteiger partial charge is 0.383 e. The van der Waals surface area contributed by atoms with Crippen LogP contribution >= 0.6 is 10.7 Å². The lowest BCUT2D eigenvalue weighted by Gasteiger charge is -2.35. The maximum absolute atomic E-state index is 12.9. The molecule has 0 saturated heterocycles. The molecular formula is C6H16F3N2O2S. The Hall–Kier alpha value is -0.0200. The first-order valence-corrected chi connectivity index (χ1v) is 5.71. The predicted octanol–water partition coefficient (Wildman–Crippen LogP) is 1.28. The van der Waals surface area contributed by atoms with Gasteiger partial charge in [-0.2, -0.15) is 0 Å². The number of ether oxygens (including phenoxy) is 2. The zero-order valence-corrected chi connectivity index (χ0v) is 9.00. The summed E-state index contributed by atoms with van der Waals surface area (Å²) in [6.45, 7) is -0.449. The van der Waals surface area contributed by atoms with Crippen LogP contribution in [0.15, 0.2) is 0 Å². The molecule has 8 heteroatoms. The SMILES string of the molecule is COCCN[S](F)(F)(F)NCCOC. The molecule has 4 nitrogen and oxygen atoms in total. The third-order valence-corrected chi connectivity index (χ3v) is 2.64. The number of rotatable bonds is 8. The average Bonchev–Trinajstić information content (AvgIpc) is 2.04. The van der Waals surface area contributed by atoms with Crippen molar-refractivity contribution < 1.29 is 21.1 Å². The van der Waals surface area contributed by atoms with Gasteiger partial charge in [0.25, 0.3) is 0 Å². The van der Waals surface area contributed by atoms with E-state index in [1.165, 1.54) is 23.7 Å². The van der Waals surface area contributed by atoms with E-state index in [1.807, 2.05) is 0 Å². The second kappa shape index (κ2) is 5.76. The molecule has 0 saturated carbocycles. The Morgan fingerprint density at radius 1 is 0.929 bits per heavy atom. The summed E-state index contributed by atoms with van der Waals surface area (Å²) in [4.78, 5) is 0. The van der Waals surface area contributed by atoms with Crippen LogP contribution in [-0.4, -0.2) is 40.5 Å². The summed E-state index contributed by atoms with van der Waals surface area (Å²) in [5, 5.41) is 0. The summed E-state index contributed by atoms with van der Waals surface area (Å²) in [5.41, 5.74) is 0. The second-order valence-electron chi connectivity index (χ2n) is 2.51. The summed E-state index contributed by atoms with van der Waals surface area (Å²) < 4.78 is 50.6. The Bertz CT molecular complexity index is 151. The average molecular weight is 237 g/mol. The number of halogens is 3. The van der Waals surface area contributed by atoms with Crippen LogP contribution < -0.4 is 9.44 Å². The monoisotopic (exact) mass is 237 g/mol. The lowest BCUT2D eigenvalue weighted by Crippen LogP contribution is -2.37. The van der Waals surface area contributed by atoms with Gasteiger partial charge in [0, 0.05) is 27.3 Å². The lowest BCUT2D eigenvalue weighted by atomic mass is 10.7. The summed E-state index contributed by atoms with van der Waals surface area (Å²) in [6.07, 6.45) is 0. The minimum Gasteiger partial charge on any atom is -0.383 e. The van der Waals surface area contributed by atoms with Gasteiger partial charge in [-0.25, -0.2) is 9.44 Å². The van der Waals surface area contributed by atoms with Gasteiger partial charge in [-0.15, -0.1) is 11.7 Å². The molecule has 0 heterocycles. The van der Waals surface area contributed by atoms with Crippen LogP contribution in [0.2, 0.25) is 0 Å². The van der Waals surface area contributed by atoms with Crippen molar-refractivity contribution >= 4 is 10.7 Å². The minimum atomic E-state index is -6.16. The molecule has 0 aliphatic rings. The number of methoxy groups -OCH3 is 2. The van der Waals surface area contributed by atoms with Crippen molar-refractivity contribution in [1.82, 2.24) is 9.44 Å². The van der Waals surface area contributed by atoms with Crippen LogP contribution in [0.1, 0.15) is 0 Å². The molecule has 0 rings (SSSR count). The van der Waals surface area contributed by atoms with Crippen LogP contribution in [0, 0.1) is 0 Å². The fourth-order valence-electron chi connectivity index (χ4n) is 0.672. The first kappa shape index (κ1) is 14.0. The molecule has 0 aromatic rings. The molecule has 0 aliphatic heterocycles. The molecule has 2 N–H and O–H groups in total. The van der Waals surface area contributed by atoms with E-state index in [0.29, 0.717) is 0 Å². The molecule has 0 amide bonds. The van der Waals surface area contributed by atoms with Gasteiger partial charge in [-0.3, -0.25) is 0 Å². The molecule has 0 bridgehead atoms. The van der Waals surface area contributed by atoms with Gasteiger partial charge in [0.2, 0.25) is 10.7 Å². The molecule has 89 valence electrons. The van der Waals surface area contributed by atoms with Crippen LogP contribution in [0.4, 0.5) is 11.7 Å². The maximum Gasteiger partial charge on any atom is 0.229 e. The second-order valence-corrected chi connectivity index (χ2v) is 4.57. The molecular weight excluding hydrogens is 221 g/mol. The van der Waals surface area contributed by atoms with E-state index in [9.17, 15) is 11.7 Å². The van der Waals surface area contributed by atoms with E-state index in [-0.39, 0.29) is 26.3 Å². The van der Waals surface area contributed by atoms with Crippen molar-refractivity contribution in [2.75, 3.05) is 40.5 Å². The van der Waals surface area contributed by atoms with Gasteiger partial charge in [0.05, 0.1) is 13.2 Å². The molecule has 0 fully saturated rings. The number of nitrogens with one attached hydrogen (secondary N) is 2. The van der Waals surface area contributed by atoms with Crippen LogP contribution in [-0.2, 0) is 9.47 Å². The Morgan fingerprint density at radius 3 is 1.57 bits per heavy atom. The van der Waals surface area contributed by atoms with Crippen molar-refractivity contribution in [1.29, 1.82) is 0 Å². The maximum atomic E-state index is 12.9. The third kappa shape index (κ3) is 7.39. The van der Waals surface area contributed by atoms with E-state index >= 15 is 0 Å². The summed E-state index contributed by atoms with van der Waals surface area (Å²) >= 11 is 0.